The van der Waals surface area contributed by atoms with Crippen LogP contribution in [-0.4, -0.2) is 10.9 Å². The van der Waals surface area contributed by atoms with E-state index in [4.69, 9.17) is 9.40 Å². The second kappa shape index (κ2) is 9.98. The zero-order valence-electron chi connectivity index (χ0n) is 19.9. The molecule has 0 saturated carbocycles. The fraction of sp³-hybridized carbons (Fsp3) is 0.161. The molecule has 0 aliphatic heterocycles. The topological polar surface area (TPSA) is 55.1 Å². The van der Waals surface area contributed by atoms with E-state index in [0.29, 0.717) is 11.8 Å². The molecule has 1 unspecified atom stereocenters. The van der Waals surface area contributed by atoms with Crippen molar-refractivity contribution in [2.75, 3.05) is 5.32 Å². The van der Waals surface area contributed by atoms with Gasteiger partial charge in [-0.1, -0.05) is 80.6 Å². The van der Waals surface area contributed by atoms with E-state index in [1.165, 1.54) is 5.56 Å². The fourth-order valence-electron chi connectivity index (χ4n) is 4.31. The first-order valence-electron chi connectivity index (χ1n) is 12.0. The zero-order chi connectivity index (χ0) is 24.2. The molecule has 0 spiro atoms. The molecule has 0 aliphatic carbocycles. The Morgan fingerprint density at radius 1 is 0.829 bits per heavy atom. The summed E-state index contributed by atoms with van der Waals surface area (Å²) in [5.74, 6) is 0.590. The van der Waals surface area contributed by atoms with Crippen molar-refractivity contribution in [3.05, 3.63) is 120 Å². The van der Waals surface area contributed by atoms with Gasteiger partial charge in [0.1, 0.15) is 5.52 Å². The number of nitrogens with zero attached hydrogens (tertiary/aromatic N) is 1. The molecule has 0 fully saturated rings. The van der Waals surface area contributed by atoms with Crippen LogP contribution in [0.15, 0.2) is 108 Å². The number of rotatable bonds is 7. The maximum atomic E-state index is 13.4. The van der Waals surface area contributed by atoms with E-state index in [9.17, 15) is 4.79 Å². The van der Waals surface area contributed by atoms with Crippen LogP contribution < -0.4 is 5.32 Å². The maximum absolute atomic E-state index is 13.4. The number of carbonyl (C=O) groups is 1. The molecule has 5 rings (SSSR count). The Hall–Kier alpha value is -4.18. The van der Waals surface area contributed by atoms with Gasteiger partial charge in [0.25, 0.3) is 0 Å². The average molecular weight is 461 g/mol. The van der Waals surface area contributed by atoms with E-state index in [1.807, 2.05) is 91.0 Å². The van der Waals surface area contributed by atoms with Crippen molar-refractivity contribution in [2.24, 2.45) is 0 Å². The first kappa shape index (κ1) is 22.6. The van der Waals surface area contributed by atoms with Crippen molar-refractivity contribution >= 4 is 22.7 Å². The molecule has 5 aromatic rings. The summed E-state index contributed by atoms with van der Waals surface area (Å²) in [6.45, 7) is 4.40. The predicted octanol–water partition coefficient (Wildman–Crippen LogP) is 7.78. The van der Waals surface area contributed by atoms with Crippen molar-refractivity contribution < 1.29 is 9.21 Å². The molecule has 1 amide bonds. The number of benzene rings is 4. The van der Waals surface area contributed by atoms with Crippen molar-refractivity contribution in [1.82, 2.24) is 4.98 Å². The number of anilines is 1. The summed E-state index contributed by atoms with van der Waals surface area (Å²) in [5, 5.41) is 3.08. The minimum atomic E-state index is -0.395. The van der Waals surface area contributed by atoms with Gasteiger partial charge in [-0.05, 0) is 65.4 Å². The molecule has 4 aromatic carbocycles. The Labute approximate surface area is 205 Å². The average Bonchev–Trinajstić information content (AvgIpc) is 3.33. The third-order valence-corrected chi connectivity index (χ3v) is 6.52. The Kier molecular flexibility index (Phi) is 6.44. The first-order valence-corrected chi connectivity index (χ1v) is 12.0. The van der Waals surface area contributed by atoms with Gasteiger partial charge in [0.05, 0.1) is 5.92 Å². The van der Waals surface area contributed by atoms with Gasteiger partial charge in [-0.15, -0.1) is 0 Å². The van der Waals surface area contributed by atoms with Crippen LogP contribution in [0.3, 0.4) is 0 Å². The van der Waals surface area contributed by atoms with Gasteiger partial charge >= 0.3 is 0 Å². The van der Waals surface area contributed by atoms with Crippen LogP contribution in [0.25, 0.3) is 22.6 Å². The molecule has 0 bridgehead atoms. The lowest BCUT2D eigenvalue weighted by atomic mass is 9.90. The summed E-state index contributed by atoms with van der Waals surface area (Å²) < 4.78 is 6.00. The normalized spacial score (nSPS) is 12.1. The molecule has 0 radical (unpaired) electrons. The highest BCUT2D eigenvalue weighted by Gasteiger charge is 2.22. The van der Waals surface area contributed by atoms with Crippen LogP contribution >= 0.6 is 0 Å². The monoisotopic (exact) mass is 460 g/mol. The van der Waals surface area contributed by atoms with Crippen molar-refractivity contribution in [2.45, 2.75) is 32.1 Å². The van der Waals surface area contributed by atoms with Crippen LogP contribution in [0.5, 0.6) is 0 Å². The molecular weight excluding hydrogens is 432 g/mol. The Balaban J connectivity index is 1.37. The summed E-state index contributed by atoms with van der Waals surface area (Å²) in [4.78, 5) is 18.1. The molecule has 4 heteroatoms. The van der Waals surface area contributed by atoms with E-state index in [0.717, 1.165) is 39.9 Å². The fourth-order valence-corrected chi connectivity index (χ4v) is 4.31. The Bertz CT molecular complexity index is 1380. The van der Waals surface area contributed by atoms with E-state index >= 15 is 0 Å². The van der Waals surface area contributed by atoms with Gasteiger partial charge < -0.3 is 9.73 Å². The number of aromatic nitrogens is 1. The number of hydrogen-bond acceptors (Lipinski definition) is 3. The van der Waals surface area contributed by atoms with Crippen molar-refractivity contribution in [1.29, 1.82) is 0 Å². The lowest BCUT2D eigenvalue weighted by Crippen LogP contribution is -2.22. The molecule has 0 saturated heterocycles. The van der Waals surface area contributed by atoms with E-state index in [1.54, 1.807) is 0 Å². The number of hydrogen-bond donors (Lipinski definition) is 1. The standard InChI is InChI=1S/C31H28N2O2/c1-3-21(2)25-16-19-28-27(20-25)33-31(35-28)24-14-17-26(18-15-24)32-30(34)29(22-10-6-4-7-11-22)23-12-8-5-9-13-23/h4-21,29H,3H2,1-2H3,(H,32,34). The van der Waals surface area contributed by atoms with Crippen LogP contribution in [0.4, 0.5) is 5.69 Å². The van der Waals surface area contributed by atoms with Crippen molar-refractivity contribution in [3.63, 3.8) is 0 Å². The van der Waals surface area contributed by atoms with E-state index in [2.05, 4.69) is 31.3 Å². The summed E-state index contributed by atoms with van der Waals surface area (Å²) >= 11 is 0. The smallest absolute Gasteiger partial charge is 0.236 e. The summed E-state index contributed by atoms with van der Waals surface area (Å²) in [6, 6.07) is 33.5. The number of amides is 1. The predicted molar refractivity (Wildman–Crippen MR) is 142 cm³/mol. The Morgan fingerprint density at radius 3 is 2.06 bits per heavy atom. The van der Waals surface area contributed by atoms with Crippen LogP contribution in [-0.2, 0) is 4.79 Å². The van der Waals surface area contributed by atoms with Gasteiger partial charge in [-0.2, -0.15) is 0 Å². The van der Waals surface area contributed by atoms with Gasteiger partial charge in [-0.3, -0.25) is 4.79 Å². The minimum Gasteiger partial charge on any atom is -0.436 e. The number of oxazole rings is 1. The molecule has 1 atom stereocenters. The van der Waals surface area contributed by atoms with Gasteiger partial charge in [0.2, 0.25) is 11.8 Å². The second-order valence-corrected chi connectivity index (χ2v) is 8.88. The highest BCUT2D eigenvalue weighted by atomic mass is 16.3. The van der Waals surface area contributed by atoms with Crippen LogP contribution in [0, 0.1) is 0 Å². The van der Waals surface area contributed by atoms with Crippen molar-refractivity contribution in [3.8, 4) is 11.5 Å². The molecule has 1 N–H and O–H groups in total. The molecule has 4 nitrogen and oxygen atoms in total. The summed E-state index contributed by atoms with van der Waals surface area (Å²) in [7, 11) is 0. The quantitative estimate of drug-likeness (QED) is 0.270. The van der Waals surface area contributed by atoms with E-state index < -0.39 is 5.92 Å². The highest BCUT2D eigenvalue weighted by Crippen LogP contribution is 2.30. The lowest BCUT2D eigenvalue weighted by Gasteiger charge is -2.18. The highest BCUT2D eigenvalue weighted by molar-refractivity contribution is 5.98. The number of fused-ring (bicyclic) bond motifs is 1. The first-order chi connectivity index (χ1) is 17.1. The third kappa shape index (κ3) is 4.87. The minimum absolute atomic E-state index is 0.0745. The molecular formula is C31H28N2O2. The van der Waals surface area contributed by atoms with Gasteiger partial charge in [-0.25, -0.2) is 4.98 Å². The molecule has 0 aliphatic rings. The van der Waals surface area contributed by atoms with Crippen LogP contribution in [0.1, 0.15) is 48.8 Å². The summed E-state index contributed by atoms with van der Waals surface area (Å²) in [5.41, 5.74) is 6.41. The van der Waals surface area contributed by atoms with E-state index in [-0.39, 0.29) is 5.91 Å². The third-order valence-electron chi connectivity index (χ3n) is 6.52. The van der Waals surface area contributed by atoms with Crippen LogP contribution in [0.2, 0.25) is 0 Å². The molecule has 174 valence electrons. The Morgan fingerprint density at radius 2 is 1.46 bits per heavy atom. The zero-order valence-corrected chi connectivity index (χ0v) is 19.9. The molecule has 35 heavy (non-hydrogen) atoms. The lowest BCUT2D eigenvalue weighted by molar-refractivity contribution is -0.116. The molecule has 1 aromatic heterocycles. The second-order valence-electron chi connectivity index (χ2n) is 8.88. The SMILES string of the molecule is CCC(C)c1ccc2oc(-c3ccc(NC(=O)C(c4ccccc4)c4ccccc4)cc3)nc2c1. The number of nitrogens with one attached hydrogen (secondary N) is 1. The number of carbonyl (C=O) groups excluding carboxylic acids is 1. The van der Waals surface area contributed by atoms with Gasteiger partial charge in [0, 0.05) is 11.3 Å². The maximum Gasteiger partial charge on any atom is 0.236 e. The summed E-state index contributed by atoms with van der Waals surface area (Å²) in [6.07, 6.45) is 1.08. The largest absolute Gasteiger partial charge is 0.436 e. The molecule has 1 heterocycles. The van der Waals surface area contributed by atoms with Gasteiger partial charge in [0.15, 0.2) is 5.58 Å².